The predicted molar refractivity (Wildman–Crippen MR) is 135 cm³/mol. The van der Waals surface area contributed by atoms with Crippen LogP contribution in [0.15, 0.2) is 30.5 Å². The minimum atomic E-state index is -0.820. The molecule has 3 unspecified atom stereocenters. The van der Waals surface area contributed by atoms with Gasteiger partial charge in [-0.3, -0.25) is 14.7 Å². The molecule has 5 nitrogen and oxygen atoms in total. The molecule has 0 aromatic carbocycles. The van der Waals surface area contributed by atoms with E-state index in [1.807, 2.05) is 12.1 Å². The molecule has 1 N–H and O–H groups in total. The Kier molecular flexibility index (Phi) is 8.65. The molecular formula is C28H39FN4O. The molecule has 6 heteroatoms. The molecular weight excluding hydrogens is 427 g/mol. The van der Waals surface area contributed by atoms with Crippen molar-refractivity contribution in [3.63, 3.8) is 0 Å². The molecule has 4 heterocycles. The van der Waals surface area contributed by atoms with E-state index >= 15 is 4.39 Å². The van der Waals surface area contributed by atoms with Crippen LogP contribution in [0.3, 0.4) is 0 Å². The van der Waals surface area contributed by atoms with Gasteiger partial charge in [0.25, 0.3) is 0 Å². The van der Waals surface area contributed by atoms with Gasteiger partial charge < -0.3 is 5.32 Å². The van der Waals surface area contributed by atoms with Gasteiger partial charge in [-0.25, -0.2) is 9.37 Å². The van der Waals surface area contributed by atoms with Gasteiger partial charge in [-0.2, -0.15) is 0 Å². The number of rotatable bonds is 11. The van der Waals surface area contributed by atoms with Crippen LogP contribution in [0.4, 0.5) is 10.2 Å². The van der Waals surface area contributed by atoms with E-state index < -0.39 is 6.17 Å². The number of ketones is 1. The minimum Gasteiger partial charge on any atom is -0.370 e. The maximum atomic E-state index is 15.1. The quantitative estimate of drug-likeness (QED) is 0.444. The number of Topliss-reactive ketones (excluding diaryl/α,β-unsaturated/α-hetero) is 1. The first-order valence-electron chi connectivity index (χ1n) is 13.1. The van der Waals surface area contributed by atoms with Crippen molar-refractivity contribution in [2.75, 3.05) is 25.0 Å². The smallest absolute Gasteiger partial charge is 0.151 e. The van der Waals surface area contributed by atoms with Gasteiger partial charge in [0, 0.05) is 36.6 Å². The molecule has 184 valence electrons. The van der Waals surface area contributed by atoms with Crippen LogP contribution < -0.4 is 5.32 Å². The number of fused-ring (bicyclic) bond motifs is 1. The molecule has 2 aliphatic rings. The summed E-state index contributed by atoms with van der Waals surface area (Å²) in [6.45, 7) is 6.18. The first-order chi connectivity index (χ1) is 16.6. The first kappa shape index (κ1) is 24.8. The summed E-state index contributed by atoms with van der Waals surface area (Å²) >= 11 is 0. The molecule has 1 fully saturated rings. The second-order valence-corrected chi connectivity index (χ2v) is 9.95. The fourth-order valence-corrected chi connectivity index (χ4v) is 5.55. The summed E-state index contributed by atoms with van der Waals surface area (Å²) in [5, 5.41) is 3.39. The summed E-state index contributed by atoms with van der Waals surface area (Å²) in [6.07, 6.45) is 9.20. The lowest BCUT2D eigenvalue weighted by Gasteiger charge is -2.28. The number of carbonyl (C=O) groups excluding carboxylic acids is 1. The molecule has 0 radical (unpaired) electrons. The Hall–Kier alpha value is -2.34. The Morgan fingerprint density at radius 2 is 2.15 bits per heavy atom. The number of pyridine rings is 2. The van der Waals surface area contributed by atoms with Crippen molar-refractivity contribution in [3.8, 4) is 0 Å². The SMILES string of the molecule is CCCc1ncccc1C(C(C)=O)N1CCC(C(F)CCCCc2ccc3c(n2)NCCC3)C1. The van der Waals surface area contributed by atoms with E-state index in [9.17, 15) is 4.79 Å². The number of hydrogen-bond acceptors (Lipinski definition) is 5. The third kappa shape index (κ3) is 6.01. The maximum absolute atomic E-state index is 15.1. The number of nitrogens with zero attached hydrogens (tertiary/aromatic N) is 3. The molecule has 34 heavy (non-hydrogen) atoms. The van der Waals surface area contributed by atoms with E-state index in [1.54, 1.807) is 13.1 Å². The van der Waals surface area contributed by atoms with E-state index in [4.69, 9.17) is 4.98 Å². The molecule has 0 aliphatic carbocycles. The molecule has 0 bridgehead atoms. The highest BCUT2D eigenvalue weighted by atomic mass is 19.1. The average molecular weight is 467 g/mol. The standard InChI is InChI=1S/C28H39FN4O/c1-3-8-26-24(11-7-16-30-26)27(20(2)34)33-18-15-22(19-33)25(29)12-5-4-10-23-14-13-21-9-6-17-31-28(21)32-23/h7,11,13-14,16,22,25,27H,3-6,8-10,12,15,17-19H2,1-2H3,(H,31,32). The molecule has 1 saturated heterocycles. The number of unbranched alkanes of at least 4 members (excludes halogenated alkanes) is 1. The molecule has 2 aromatic heterocycles. The van der Waals surface area contributed by atoms with Crippen molar-refractivity contribution in [1.82, 2.24) is 14.9 Å². The summed E-state index contributed by atoms with van der Waals surface area (Å²) in [5.74, 6) is 1.15. The summed E-state index contributed by atoms with van der Waals surface area (Å²) < 4.78 is 15.1. The zero-order chi connectivity index (χ0) is 23.9. The number of likely N-dealkylation sites (tertiary alicyclic amines) is 1. The normalized spacial score (nSPS) is 19.9. The third-order valence-electron chi connectivity index (χ3n) is 7.34. The van der Waals surface area contributed by atoms with Gasteiger partial charge in [0.15, 0.2) is 5.78 Å². The highest BCUT2D eigenvalue weighted by Crippen LogP contribution is 2.33. The van der Waals surface area contributed by atoms with Crippen molar-refractivity contribution >= 4 is 11.6 Å². The maximum Gasteiger partial charge on any atom is 0.151 e. The molecule has 4 rings (SSSR count). The van der Waals surface area contributed by atoms with Crippen molar-refractivity contribution in [1.29, 1.82) is 0 Å². The van der Waals surface area contributed by atoms with Gasteiger partial charge in [0.05, 0.1) is 6.04 Å². The zero-order valence-corrected chi connectivity index (χ0v) is 20.7. The number of aryl methyl sites for hydroxylation is 3. The van der Waals surface area contributed by atoms with Crippen molar-refractivity contribution < 1.29 is 9.18 Å². The van der Waals surface area contributed by atoms with Gasteiger partial charge in [-0.05, 0) is 81.7 Å². The lowest BCUT2D eigenvalue weighted by Crippen LogP contribution is -2.33. The van der Waals surface area contributed by atoms with E-state index in [2.05, 4.69) is 34.3 Å². The van der Waals surface area contributed by atoms with Crippen LogP contribution in [-0.2, 0) is 24.1 Å². The number of alkyl halides is 1. The fraction of sp³-hybridized carbons (Fsp3) is 0.607. The Morgan fingerprint density at radius 3 is 2.97 bits per heavy atom. The minimum absolute atomic E-state index is 0.000726. The van der Waals surface area contributed by atoms with Crippen LogP contribution in [0.1, 0.15) is 80.9 Å². The molecule has 0 spiro atoms. The highest BCUT2D eigenvalue weighted by molar-refractivity contribution is 5.83. The Labute approximate surface area is 203 Å². The van der Waals surface area contributed by atoms with Crippen molar-refractivity contribution in [2.45, 2.75) is 83.8 Å². The van der Waals surface area contributed by atoms with Crippen LogP contribution in [0.5, 0.6) is 0 Å². The summed E-state index contributed by atoms with van der Waals surface area (Å²) in [4.78, 5) is 24.1. The van der Waals surface area contributed by atoms with Gasteiger partial charge >= 0.3 is 0 Å². The fourth-order valence-electron chi connectivity index (χ4n) is 5.55. The highest BCUT2D eigenvalue weighted by Gasteiger charge is 2.36. The molecule has 2 aliphatic heterocycles. The van der Waals surface area contributed by atoms with E-state index in [0.717, 1.165) is 80.8 Å². The number of hydrogen-bond donors (Lipinski definition) is 1. The van der Waals surface area contributed by atoms with Crippen molar-refractivity contribution in [3.05, 3.63) is 53.0 Å². The number of carbonyl (C=O) groups is 1. The van der Waals surface area contributed by atoms with Gasteiger partial charge in [-0.15, -0.1) is 0 Å². The molecule has 0 saturated carbocycles. The van der Waals surface area contributed by atoms with Gasteiger partial charge in [0.1, 0.15) is 12.0 Å². The average Bonchev–Trinajstić information content (AvgIpc) is 3.32. The number of nitrogens with one attached hydrogen (secondary N) is 1. The Bertz CT molecular complexity index is 965. The Morgan fingerprint density at radius 1 is 1.26 bits per heavy atom. The van der Waals surface area contributed by atoms with Crippen LogP contribution in [0.2, 0.25) is 0 Å². The van der Waals surface area contributed by atoms with Crippen LogP contribution in [0.25, 0.3) is 0 Å². The summed E-state index contributed by atoms with van der Waals surface area (Å²) in [6, 6.07) is 7.93. The van der Waals surface area contributed by atoms with Crippen LogP contribution in [0, 0.1) is 5.92 Å². The van der Waals surface area contributed by atoms with E-state index in [-0.39, 0.29) is 17.7 Å². The van der Waals surface area contributed by atoms with Crippen LogP contribution in [-0.4, -0.2) is 46.5 Å². The third-order valence-corrected chi connectivity index (χ3v) is 7.34. The second kappa shape index (κ2) is 11.9. The van der Waals surface area contributed by atoms with Crippen LogP contribution >= 0.6 is 0 Å². The number of halogens is 1. The molecule has 0 amide bonds. The topological polar surface area (TPSA) is 58.1 Å². The van der Waals surface area contributed by atoms with E-state index in [1.165, 1.54) is 12.0 Å². The molecule has 3 atom stereocenters. The van der Waals surface area contributed by atoms with Crippen molar-refractivity contribution in [2.24, 2.45) is 5.92 Å². The summed E-state index contributed by atoms with van der Waals surface area (Å²) in [7, 11) is 0. The zero-order valence-electron chi connectivity index (χ0n) is 20.7. The lowest BCUT2D eigenvalue weighted by atomic mass is 9.96. The number of anilines is 1. The molecule has 2 aromatic rings. The predicted octanol–water partition coefficient (Wildman–Crippen LogP) is 5.49. The summed E-state index contributed by atoms with van der Waals surface area (Å²) in [5.41, 5.74) is 4.40. The number of aromatic nitrogens is 2. The second-order valence-electron chi connectivity index (χ2n) is 9.95. The van der Waals surface area contributed by atoms with E-state index in [0.29, 0.717) is 13.0 Å². The largest absolute Gasteiger partial charge is 0.370 e. The lowest BCUT2D eigenvalue weighted by molar-refractivity contribution is -0.122. The monoisotopic (exact) mass is 466 g/mol. The Balaban J connectivity index is 1.27. The first-order valence-corrected chi connectivity index (χ1v) is 13.1. The van der Waals surface area contributed by atoms with Gasteiger partial charge in [0.2, 0.25) is 0 Å². The van der Waals surface area contributed by atoms with Gasteiger partial charge in [-0.1, -0.05) is 31.9 Å².